The number of benzene rings is 2. The van der Waals surface area contributed by atoms with E-state index in [2.05, 4.69) is 43.2 Å². The summed E-state index contributed by atoms with van der Waals surface area (Å²) in [6.07, 6.45) is 6.70. The van der Waals surface area contributed by atoms with Crippen molar-refractivity contribution in [1.82, 2.24) is 14.7 Å². The molecule has 2 aliphatic heterocycles. The van der Waals surface area contributed by atoms with E-state index in [0.29, 0.717) is 25.3 Å². The van der Waals surface area contributed by atoms with Crippen molar-refractivity contribution in [3.05, 3.63) is 76.6 Å². The number of carbonyl (C=O) groups is 1. The fraction of sp³-hybridized carbons (Fsp3) is 0.385. The molecule has 0 saturated carbocycles. The summed E-state index contributed by atoms with van der Waals surface area (Å²) in [6.45, 7) is 6.71. The molecule has 5 rings (SSSR count). The minimum Gasteiger partial charge on any atom is -0.491 e. The first kappa shape index (κ1) is 20.8. The summed E-state index contributed by atoms with van der Waals surface area (Å²) in [5.74, 6) is 0.784. The van der Waals surface area contributed by atoms with Crippen molar-refractivity contribution in [2.45, 2.75) is 39.2 Å². The highest BCUT2D eigenvalue weighted by atomic mass is 16.5. The Balaban J connectivity index is 1.41. The lowest BCUT2D eigenvalue weighted by Crippen LogP contribution is -2.38. The predicted molar refractivity (Wildman–Crippen MR) is 123 cm³/mol. The third-order valence-corrected chi connectivity index (χ3v) is 6.62. The maximum Gasteiger partial charge on any atom is 0.257 e. The SMILES string of the molecule is Cc1c(Cc2ccc(-n3cccn3)cc2)cc2c(c1C)OCCN(C[C@@H]1CCCO1)C2=O. The van der Waals surface area contributed by atoms with Gasteiger partial charge >= 0.3 is 0 Å². The molecule has 1 aromatic heterocycles. The zero-order chi connectivity index (χ0) is 22.1. The lowest BCUT2D eigenvalue weighted by molar-refractivity contribution is 0.0519. The van der Waals surface area contributed by atoms with Crippen LogP contribution in [0.1, 0.15) is 45.5 Å². The van der Waals surface area contributed by atoms with Gasteiger partial charge in [-0.2, -0.15) is 5.10 Å². The third-order valence-electron chi connectivity index (χ3n) is 6.62. The molecule has 0 bridgehead atoms. The smallest absolute Gasteiger partial charge is 0.257 e. The van der Waals surface area contributed by atoms with E-state index in [1.54, 1.807) is 6.20 Å². The Hall–Kier alpha value is -3.12. The highest BCUT2D eigenvalue weighted by molar-refractivity contribution is 5.98. The second-order valence-electron chi connectivity index (χ2n) is 8.69. The quantitative estimate of drug-likeness (QED) is 0.611. The maximum atomic E-state index is 13.4. The Kier molecular flexibility index (Phi) is 5.70. The highest BCUT2D eigenvalue weighted by Gasteiger charge is 2.29. The van der Waals surface area contributed by atoms with Gasteiger partial charge < -0.3 is 14.4 Å². The molecule has 3 heterocycles. The molecule has 1 fully saturated rings. The average Bonchev–Trinajstić information content (AvgIpc) is 3.50. The van der Waals surface area contributed by atoms with Gasteiger partial charge in [-0.3, -0.25) is 4.79 Å². The van der Waals surface area contributed by atoms with Crippen LogP contribution < -0.4 is 4.74 Å². The monoisotopic (exact) mass is 431 g/mol. The molecule has 0 radical (unpaired) electrons. The molecule has 0 unspecified atom stereocenters. The van der Waals surface area contributed by atoms with E-state index in [9.17, 15) is 4.79 Å². The van der Waals surface area contributed by atoms with Crippen LogP contribution in [0.15, 0.2) is 48.8 Å². The van der Waals surface area contributed by atoms with Gasteiger partial charge in [0.15, 0.2) is 0 Å². The molecular weight excluding hydrogens is 402 g/mol. The van der Waals surface area contributed by atoms with Crippen LogP contribution in [-0.2, 0) is 11.2 Å². The molecule has 6 heteroatoms. The zero-order valence-corrected chi connectivity index (χ0v) is 18.7. The third kappa shape index (κ3) is 4.02. The highest BCUT2D eigenvalue weighted by Crippen LogP contribution is 2.33. The first-order valence-electron chi connectivity index (χ1n) is 11.4. The minimum absolute atomic E-state index is 0.0476. The second kappa shape index (κ2) is 8.79. The summed E-state index contributed by atoms with van der Waals surface area (Å²) in [5.41, 5.74) is 6.29. The van der Waals surface area contributed by atoms with Gasteiger partial charge in [-0.25, -0.2) is 4.68 Å². The van der Waals surface area contributed by atoms with Crippen molar-refractivity contribution in [2.75, 3.05) is 26.3 Å². The molecule has 0 N–H and O–H groups in total. The molecule has 1 saturated heterocycles. The fourth-order valence-electron chi connectivity index (χ4n) is 4.64. The summed E-state index contributed by atoms with van der Waals surface area (Å²) in [7, 11) is 0. The topological polar surface area (TPSA) is 56.6 Å². The van der Waals surface area contributed by atoms with Crippen LogP contribution in [0.5, 0.6) is 5.75 Å². The van der Waals surface area contributed by atoms with Crippen molar-refractivity contribution in [2.24, 2.45) is 0 Å². The van der Waals surface area contributed by atoms with Crippen molar-refractivity contribution >= 4 is 5.91 Å². The van der Waals surface area contributed by atoms with E-state index < -0.39 is 0 Å². The molecule has 0 aliphatic carbocycles. The normalized spacial score (nSPS) is 18.4. The van der Waals surface area contributed by atoms with Gasteiger partial charge in [0.1, 0.15) is 12.4 Å². The van der Waals surface area contributed by atoms with E-state index >= 15 is 0 Å². The van der Waals surface area contributed by atoms with Crippen molar-refractivity contribution in [3.8, 4) is 11.4 Å². The van der Waals surface area contributed by atoms with Crippen LogP contribution in [0.3, 0.4) is 0 Å². The Morgan fingerprint density at radius 3 is 2.69 bits per heavy atom. The van der Waals surface area contributed by atoms with Gasteiger partial charge in [-0.1, -0.05) is 12.1 Å². The summed E-state index contributed by atoms with van der Waals surface area (Å²) >= 11 is 0. The van der Waals surface area contributed by atoms with Gasteiger partial charge in [0, 0.05) is 25.5 Å². The van der Waals surface area contributed by atoms with Crippen molar-refractivity contribution in [1.29, 1.82) is 0 Å². The fourth-order valence-corrected chi connectivity index (χ4v) is 4.64. The number of hydrogen-bond acceptors (Lipinski definition) is 4. The number of carbonyl (C=O) groups excluding carboxylic acids is 1. The Bertz CT molecular complexity index is 1100. The standard InChI is InChI=1S/C26H29N3O3/c1-18-19(2)25-24(26(30)28(12-14-32-25)17-23-5-3-13-31-23)16-21(18)15-20-6-8-22(9-7-20)29-11-4-10-27-29/h4,6-11,16,23H,3,5,12-15,17H2,1-2H3/t23-/m0/s1. The molecule has 2 aliphatic rings. The summed E-state index contributed by atoms with van der Waals surface area (Å²) in [5, 5.41) is 4.29. The first-order chi connectivity index (χ1) is 15.6. The largest absolute Gasteiger partial charge is 0.491 e. The van der Waals surface area contributed by atoms with Crippen LogP contribution >= 0.6 is 0 Å². The number of hydrogen-bond donors (Lipinski definition) is 0. The van der Waals surface area contributed by atoms with Crippen LogP contribution in [0.25, 0.3) is 5.69 Å². The van der Waals surface area contributed by atoms with E-state index in [-0.39, 0.29) is 12.0 Å². The van der Waals surface area contributed by atoms with E-state index in [1.165, 1.54) is 11.1 Å². The Morgan fingerprint density at radius 1 is 1.12 bits per heavy atom. The molecule has 1 amide bonds. The number of ether oxygens (including phenoxy) is 2. The Morgan fingerprint density at radius 2 is 1.97 bits per heavy atom. The Labute approximate surface area is 188 Å². The van der Waals surface area contributed by atoms with Crippen molar-refractivity contribution < 1.29 is 14.3 Å². The molecule has 0 spiro atoms. The van der Waals surface area contributed by atoms with Crippen LogP contribution in [0.4, 0.5) is 0 Å². The summed E-state index contributed by atoms with van der Waals surface area (Å²) in [6, 6.07) is 12.3. The molecule has 3 aromatic rings. The van der Waals surface area contributed by atoms with Gasteiger partial charge in [0.05, 0.1) is 23.9 Å². The van der Waals surface area contributed by atoms with E-state index in [1.807, 2.05) is 27.9 Å². The predicted octanol–water partition coefficient (Wildman–Crippen LogP) is 4.09. The summed E-state index contributed by atoms with van der Waals surface area (Å²) < 4.78 is 13.7. The van der Waals surface area contributed by atoms with Crippen LogP contribution in [0.2, 0.25) is 0 Å². The maximum absolute atomic E-state index is 13.4. The molecular formula is C26H29N3O3. The molecule has 1 atom stereocenters. The van der Waals surface area contributed by atoms with Crippen LogP contribution in [-0.4, -0.2) is 53.0 Å². The first-order valence-corrected chi connectivity index (χ1v) is 11.4. The molecule has 6 nitrogen and oxygen atoms in total. The summed E-state index contributed by atoms with van der Waals surface area (Å²) in [4.78, 5) is 15.4. The van der Waals surface area contributed by atoms with Crippen LogP contribution in [0, 0.1) is 13.8 Å². The molecule has 2 aromatic carbocycles. The second-order valence-corrected chi connectivity index (χ2v) is 8.69. The van der Waals surface area contributed by atoms with E-state index in [4.69, 9.17) is 9.47 Å². The van der Waals surface area contributed by atoms with Crippen molar-refractivity contribution in [3.63, 3.8) is 0 Å². The number of nitrogens with zero attached hydrogens (tertiary/aromatic N) is 3. The molecule has 32 heavy (non-hydrogen) atoms. The minimum atomic E-state index is 0.0476. The van der Waals surface area contributed by atoms with E-state index in [0.717, 1.165) is 48.4 Å². The number of aromatic nitrogens is 2. The lowest BCUT2D eigenvalue weighted by atomic mass is 9.93. The van der Waals surface area contributed by atoms with Gasteiger partial charge in [0.2, 0.25) is 0 Å². The zero-order valence-electron chi connectivity index (χ0n) is 18.7. The van der Waals surface area contributed by atoms with Gasteiger partial charge in [0.25, 0.3) is 5.91 Å². The lowest BCUT2D eigenvalue weighted by Gasteiger charge is -2.23. The number of rotatable bonds is 5. The van der Waals surface area contributed by atoms with Gasteiger partial charge in [-0.15, -0.1) is 0 Å². The molecule has 166 valence electrons. The number of amides is 1. The van der Waals surface area contributed by atoms with Gasteiger partial charge in [-0.05, 0) is 79.6 Å². The average molecular weight is 432 g/mol. The number of fused-ring (bicyclic) bond motifs is 1.